The lowest BCUT2D eigenvalue weighted by Crippen LogP contribution is -2.29. The Hall–Kier alpha value is -2.38. The largest absolute Gasteiger partial charge is 0.462 e. The van der Waals surface area contributed by atoms with E-state index in [-0.39, 0.29) is 13.2 Å². The minimum atomic E-state index is -0.539. The number of unbranched alkanes of at least 4 members (excludes halogenated alkanes) is 1. The number of ether oxygens (including phenoxy) is 4. The molecule has 7 heteroatoms. The Labute approximate surface area is 167 Å². The van der Waals surface area contributed by atoms with Gasteiger partial charge in [0.15, 0.2) is 6.10 Å². The monoisotopic (exact) mass is 393 g/mol. The van der Waals surface area contributed by atoms with Crippen LogP contribution in [0.3, 0.4) is 0 Å². The number of carbonyl (C=O) groups is 2. The molecule has 0 aliphatic carbocycles. The smallest absolute Gasteiger partial charge is 0.407 e. The fourth-order valence-corrected chi connectivity index (χ4v) is 2.23. The van der Waals surface area contributed by atoms with Crippen LogP contribution in [-0.4, -0.2) is 52.1 Å². The van der Waals surface area contributed by atoms with Gasteiger partial charge in [0.25, 0.3) is 0 Å². The van der Waals surface area contributed by atoms with Gasteiger partial charge in [-0.15, -0.1) is 0 Å². The van der Waals surface area contributed by atoms with Crippen LogP contribution in [-0.2, 0) is 23.7 Å². The lowest BCUT2D eigenvalue weighted by atomic mass is 10.1. The Morgan fingerprint density at radius 1 is 1.07 bits per heavy atom. The molecule has 28 heavy (non-hydrogen) atoms. The van der Waals surface area contributed by atoms with Gasteiger partial charge in [-0.05, 0) is 31.7 Å². The van der Waals surface area contributed by atoms with E-state index in [0.29, 0.717) is 31.8 Å². The minimum absolute atomic E-state index is 0.207. The van der Waals surface area contributed by atoms with Gasteiger partial charge in [-0.3, -0.25) is 0 Å². The van der Waals surface area contributed by atoms with Crippen LogP contribution < -0.4 is 5.32 Å². The molecule has 1 amide bonds. The molecule has 0 spiro atoms. The zero-order chi connectivity index (χ0) is 20.6. The van der Waals surface area contributed by atoms with E-state index in [1.165, 1.54) is 0 Å². The highest BCUT2D eigenvalue weighted by Gasteiger charge is 2.17. The first-order valence-corrected chi connectivity index (χ1v) is 9.43. The number of nitrogens with one attached hydrogen (secondary N) is 1. The molecule has 1 unspecified atom stereocenters. The van der Waals surface area contributed by atoms with Crippen molar-refractivity contribution in [2.24, 2.45) is 0 Å². The molecule has 0 saturated heterocycles. The summed E-state index contributed by atoms with van der Waals surface area (Å²) in [5.41, 5.74) is 1.21. The number of amides is 1. The van der Waals surface area contributed by atoms with E-state index in [1.807, 2.05) is 30.3 Å². The molecule has 1 N–H and O–H groups in total. The van der Waals surface area contributed by atoms with Crippen LogP contribution in [0.5, 0.6) is 0 Å². The van der Waals surface area contributed by atoms with Crippen molar-refractivity contribution in [3.8, 4) is 0 Å². The van der Waals surface area contributed by atoms with E-state index in [0.717, 1.165) is 18.4 Å². The predicted molar refractivity (Wildman–Crippen MR) is 106 cm³/mol. The summed E-state index contributed by atoms with van der Waals surface area (Å²) < 4.78 is 21.1. The molecule has 0 bridgehead atoms. The lowest BCUT2D eigenvalue weighted by Gasteiger charge is -2.19. The molecular formula is C21H31NO6. The van der Waals surface area contributed by atoms with Gasteiger partial charge in [0.2, 0.25) is 0 Å². The predicted octanol–water partition coefficient (Wildman–Crippen LogP) is 3.41. The molecule has 0 aliphatic rings. The van der Waals surface area contributed by atoms with E-state index < -0.39 is 18.2 Å². The Morgan fingerprint density at radius 2 is 1.79 bits per heavy atom. The van der Waals surface area contributed by atoms with Crippen molar-refractivity contribution >= 4 is 12.1 Å². The summed E-state index contributed by atoms with van der Waals surface area (Å²) in [6, 6.07) is 9.46. The standard InChI is InChI=1S/C21H31NO6/c1-17(2)20(23)27-15-9-12-22-21(24)28-19(18-10-5-4-6-11-18)16-26-14-8-7-13-25-3/h4-6,10-11,19H,1,7-9,12-16H2,2-3H3,(H,22,24). The molecular weight excluding hydrogens is 362 g/mol. The average molecular weight is 393 g/mol. The quantitative estimate of drug-likeness (QED) is 0.296. The summed E-state index contributed by atoms with van der Waals surface area (Å²) in [4.78, 5) is 23.3. The van der Waals surface area contributed by atoms with E-state index >= 15 is 0 Å². The van der Waals surface area contributed by atoms with Gasteiger partial charge in [0.05, 0.1) is 13.2 Å². The van der Waals surface area contributed by atoms with E-state index in [1.54, 1.807) is 14.0 Å². The van der Waals surface area contributed by atoms with Crippen molar-refractivity contribution in [3.05, 3.63) is 48.0 Å². The second-order valence-corrected chi connectivity index (χ2v) is 6.28. The van der Waals surface area contributed by atoms with Gasteiger partial charge in [-0.1, -0.05) is 36.9 Å². The second-order valence-electron chi connectivity index (χ2n) is 6.28. The van der Waals surface area contributed by atoms with Crippen LogP contribution in [0.4, 0.5) is 4.79 Å². The van der Waals surface area contributed by atoms with Crippen molar-refractivity contribution < 1.29 is 28.5 Å². The van der Waals surface area contributed by atoms with Gasteiger partial charge in [0.1, 0.15) is 0 Å². The molecule has 0 radical (unpaired) electrons. The number of rotatable bonds is 14. The molecule has 1 aromatic rings. The van der Waals surface area contributed by atoms with E-state index in [2.05, 4.69) is 11.9 Å². The number of esters is 1. The van der Waals surface area contributed by atoms with Crippen LogP contribution in [0.25, 0.3) is 0 Å². The molecule has 156 valence electrons. The minimum Gasteiger partial charge on any atom is -0.462 e. The van der Waals surface area contributed by atoms with E-state index in [9.17, 15) is 9.59 Å². The molecule has 1 aromatic carbocycles. The summed E-state index contributed by atoms with van der Waals surface area (Å²) in [5.74, 6) is -0.436. The van der Waals surface area contributed by atoms with Gasteiger partial charge >= 0.3 is 12.1 Å². The van der Waals surface area contributed by atoms with Crippen LogP contribution in [0, 0.1) is 0 Å². The summed E-state index contributed by atoms with van der Waals surface area (Å²) in [7, 11) is 1.67. The Kier molecular flexibility index (Phi) is 12.4. The van der Waals surface area contributed by atoms with Gasteiger partial charge in [-0.25, -0.2) is 9.59 Å². The summed E-state index contributed by atoms with van der Waals surface area (Å²) in [6.45, 7) is 7.19. The third-order valence-electron chi connectivity index (χ3n) is 3.75. The third kappa shape index (κ3) is 10.7. The van der Waals surface area contributed by atoms with E-state index in [4.69, 9.17) is 18.9 Å². The third-order valence-corrected chi connectivity index (χ3v) is 3.75. The average Bonchev–Trinajstić information content (AvgIpc) is 2.69. The zero-order valence-electron chi connectivity index (χ0n) is 16.8. The molecule has 0 fully saturated rings. The maximum absolute atomic E-state index is 12.1. The van der Waals surface area contributed by atoms with Gasteiger partial charge in [-0.2, -0.15) is 0 Å². The molecule has 1 rings (SSSR count). The molecule has 0 aliphatic heterocycles. The first-order chi connectivity index (χ1) is 13.5. The summed E-state index contributed by atoms with van der Waals surface area (Å²) in [5, 5.41) is 2.66. The first-order valence-electron chi connectivity index (χ1n) is 9.43. The number of methoxy groups -OCH3 is 1. The highest BCUT2D eigenvalue weighted by molar-refractivity contribution is 5.86. The maximum Gasteiger partial charge on any atom is 0.407 e. The number of hydrogen-bond acceptors (Lipinski definition) is 6. The highest BCUT2D eigenvalue weighted by atomic mass is 16.6. The summed E-state index contributed by atoms with van der Waals surface area (Å²) >= 11 is 0. The number of alkyl carbamates (subject to hydrolysis) is 1. The molecule has 7 nitrogen and oxygen atoms in total. The number of carbonyl (C=O) groups excluding carboxylic acids is 2. The topological polar surface area (TPSA) is 83.1 Å². The first kappa shape index (κ1) is 23.7. The molecule has 1 atom stereocenters. The normalized spacial score (nSPS) is 11.5. The van der Waals surface area contributed by atoms with Crippen LogP contribution in [0.15, 0.2) is 42.5 Å². The number of hydrogen-bond donors (Lipinski definition) is 1. The zero-order valence-corrected chi connectivity index (χ0v) is 16.8. The highest BCUT2D eigenvalue weighted by Crippen LogP contribution is 2.18. The Bertz CT molecular complexity index is 590. The molecule has 0 aromatic heterocycles. The van der Waals surface area contributed by atoms with Crippen LogP contribution in [0.2, 0.25) is 0 Å². The van der Waals surface area contributed by atoms with Crippen LogP contribution in [0.1, 0.15) is 37.9 Å². The number of benzene rings is 1. The van der Waals surface area contributed by atoms with Crippen molar-refractivity contribution in [2.75, 3.05) is 40.1 Å². The lowest BCUT2D eigenvalue weighted by molar-refractivity contribution is -0.138. The van der Waals surface area contributed by atoms with Crippen molar-refractivity contribution in [1.82, 2.24) is 5.32 Å². The Balaban J connectivity index is 2.35. The fourth-order valence-electron chi connectivity index (χ4n) is 2.23. The summed E-state index contributed by atoms with van der Waals surface area (Å²) in [6.07, 6.45) is 1.25. The fraction of sp³-hybridized carbons (Fsp3) is 0.524. The molecule has 0 saturated carbocycles. The maximum atomic E-state index is 12.1. The van der Waals surface area contributed by atoms with Crippen LogP contribution >= 0.6 is 0 Å². The van der Waals surface area contributed by atoms with Crippen molar-refractivity contribution in [3.63, 3.8) is 0 Å². The molecule has 0 heterocycles. The van der Waals surface area contributed by atoms with Gasteiger partial charge in [0, 0.05) is 32.4 Å². The van der Waals surface area contributed by atoms with Gasteiger partial charge < -0.3 is 24.3 Å². The second kappa shape index (κ2) is 14.6. The van der Waals surface area contributed by atoms with Crippen molar-refractivity contribution in [1.29, 1.82) is 0 Å². The SMILES string of the molecule is C=C(C)C(=O)OCCCNC(=O)OC(COCCCCOC)c1ccccc1. The van der Waals surface area contributed by atoms with Crippen molar-refractivity contribution in [2.45, 2.75) is 32.3 Å². The Morgan fingerprint density at radius 3 is 2.46 bits per heavy atom.